The molecule has 0 aliphatic carbocycles. The Labute approximate surface area is 366 Å². The minimum Gasteiger partial charge on any atom is -0.462 e. The second-order valence-corrected chi connectivity index (χ2v) is 14.6. The van der Waals surface area contributed by atoms with Gasteiger partial charge in [0.2, 0.25) is 0 Å². The van der Waals surface area contributed by atoms with Crippen LogP contribution in [0.2, 0.25) is 0 Å². The Kier molecular flexibility index (Phi) is 43.7. The van der Waals surface area contributed by atoms with E-state index >= 15 is 0 Å². The molecule has 0 N–H and O–H groups in total. The standard InChI is InChI=1S/C54H82O6/c1-4-7-10-13-16-19-22-25-26-27-28-30-32-35-38-41-44-47-53(56)59-50-51(49-58-52(55)46-43-40-37-34-31-24-21-18-15-12-9-6-3)60-54(57)48-45-42-39-36-33-29-23-20-17-14-11-8-5-2/h8-9,11-12,14,16-21,23,25-26,28-31,33-35,38,51H,4-7,10,13,15,22,24,27,32,36-37,39-50H2,1-3H3/b11-8-,12-9-,17-14-,19-16-,21-18-,23-20-,26-25-,30-28-,33-29-,34-31-,38-35-. The Morgan fingerprint density at radius 1 is 0.367 bits per heavy atom. The molecule has 0 aliphatic rings. The maximum atomic E-state index is 12.7. The predicted octanol–water partition coefficient (Wildman–Crippen LogP) is 15.1. The first kappa shape index (κ1) is 55.5. The van der Waals surface area contributed by atoms with Gasteiger partial charge in [0.05, 0.1) is 0 Å². The van der Waals surface area contributed by atoms with Crippen molar-refractivity contribution in [3.63, 3.8) is 0 Å². The van der Waals surface area contributed by atoms with Crippen LogP contribution in [0.5, 0.6) is 0 Å². The molecule has 334 valence electrons. The Morgan fingerprint density at radius 3 is 1.28 bits per heavy atom. The molecular formula is C54H82O6. The van der Waals surface area contributed by atoms with Crippen LogP contribution in [-0.4, -0.2) is 37.2 Å². The number of ether oxygens (including phenoxy) is 3. The van der Waals surface area contributed by atoms with E-state index in [4.69, 9.17) is 14.2 Å². The number of unbranched alkanes of at least 4 members (excludes halogenated alkanes) is 9. The van der Waals surface area contributed by atoms with Crippen molar-refractivity contribution in [1.82, 2.24) is 0 Å². The molecule has 1 atom stereocenters. The van der Waals surface area contributed by atoms with Gasteiger partial charge in [0.15, 0.2) is 6.10 Å². The molecule has 0 bridgehead atoms. The molecule has 0 aliphatic heterocycles. The van der Waals surface area contributed by atoms with Gasteiger partial charge in [-0.25, -0.2) is 0 Å². The molecule has 0 aromatic carbocycles. The van der Waals surface area contributed by atoms with Crippen LogP contribution in [0.3, 0.4) is 0 Å². The molecule has 0 fully saturated rings. The van der Waals surface area contributed by atoms with Crippen LogP contribution >= 0.6 is 0 Å². The molecule has 1 unspecified atom stereocenters. The monoisotopic (exact) mass is 827 g/mol. The Hall–Kier alpha value is -4.45. The summed E-state index contributed by atoms with van der Waals surface area (Å²) in [6.07, 6.45) is 65.9. The highest BCUT2D eigenvalue weighted by Gasteiger charge is 2.19. The second-order valence-electron chi connectivity index (χ2n) is 14.6. The second kappa shape index (κ2) is 47.2. The summed E-state index contributed by atoms with van der Waals surface area (Å²) in [6.45, 7) is 6.19. The number of rotatable bonds is 39. The van der Waals surface area contributed by atoms with Crippen LogP contribution in [0, 0.1) is 0 Å². The number of carbonyl (C=O) groups is 3. The smallest absolute Gasteiger partial charge is 0.306 e. The van der Waals surface area contributed by atoms with Gasteiger partial charge in [0, 0.05) is 19.3 Å². The maximum absolute atomic E-state index is 12.7. The van der Waals surface area contributed by atoms with E-state index in [0.29, 0.717) is 19.3 Å². The van der Waals surface area contributed by atoms with Gasteiger partial charge in [-0.2, -0.15) is 0 Å². The fourth-order valence-corrected chi connectivity index (χ4v) is 5.51. The molecular weight excluding hydrogens is 745 g/mol. The molecule has 0 saturated heterocycles. The number of carbonyl (C=O) groups excluding carboxylic acids is 3. The Bertz CT molecular complexity index is 1370. The fraction of sp³-hybridized carbons (Fsp3) is 0.537. The van der Waals surface area contributed by atoms with Crippen LogP contribution in [-0.2, 0) is 28.6 Å². The van der Waals surface area contributed by atoms with Crippen molar-refractivity contribution in [3.8, 4) is 0 Å². The zero-order valence-corrected chi connectivity index (χ0v) is 37.9. The minimum atomic E-state index is -0.839. The highest BCUT2D eigenvalue weighted by molar-refractivity contribution is 5.71. The molecule has 0 aromatic rings. The third kappa shape index (κ3) is 44.6. The van der Waals surface area contributed by atoms with Crippen LogP contribution in [0.1, 0.15) is 168 Å². The topological polar surface area (TPSA) is 78.9 Å². The van der Waals surface area contributed by atoms with E-state index in [1.54, 1.807) is 0 Å². The summed E-state index contributed by atoms with van der Waals surface area (Å²) in [5.74, 6) is -1.09. The summed E-state index contributed by atoms with van der Waals surface area (Å²) in [5, 5.41) is 0. The third-order valence-corrected chi connectivity index (χ3v) is 8.96. The van der Waals surface area contributed by atoms with E-state index in [0.717, 1.165) is 83.5 Å². The lowest BCUT2D eigenvalue weighted by Gasteiger charge is -2.18. The fourth-order valence-electron chi connectivity index (χ4n) is 5.51. The minimum absolute atomic E-state index is 0.137. The van der Waals surface area contributed by atoms with Crippen molar-refractivity contribution in [2.24, 2.45) is 0 Å². The zero-order chi connectivity index (χ0) is 43.7. The quantitative estimate of drug-likeness (QED) is 0.0202. The lowest BCUT2D eigenvalue weighted by molar-refractivity contribution is -0.167. The van der Waals surface area contributed by atoms with E-state index < -0.39 is 6.10 Å². The molecule has 0 aromatic heterocycles. The summed E-state index contributed by atoms with van der Waals surface area (Å²) < 4.78 is 16.6. The van der Waals surface area contributed by atoms with Crippen molar-refractivity contribution >= 4 is 17.9 Å². The Balaban J connectivity index is 4.61. The van der Waals surface area contributed by atoms with Crippen molar-refractivity contribution < 1.29 is 28.6 Å². The van der Waals surface area contributed by atoms with E-state index in [1.807, 2.05) is 36.5 Å². The first-order chi connectivity index (χ1) is 29.5. The first-order valence-corrected chi connectivity index (χ1v) is 23.2. The van der Waals surface area contributed by atoms with E-state index in [-0.39, 0.29) is 50.4 Å². The van der Waals surface area contributed by atoms with Gasteiger partial charge in [0.25, 0.3) is 0 Å². The van der Waals surface area contributed by atoms with Gasteiger partial charge >= 0.3 is 17.9 Å². The number of esters is 3. The molecule has 0 heterocycles. The molecule has 0 rings (SSSR count). The molecule has 0 spiro atoms. The average Bonchev–Trinajstić information content (AvgIpc) is 3.24. The number of allylic oxidation sites excluding steroid dienone is 22. The van der Waals surface area contributed by atoms with Crippen molar-refractivity contribution in [3.05, 3.63) is 134 Å². The lowest BCUT2D eigenvalue weighted by Crippen LogP contribution is -2.30. The molecule has 0 saturated carbocycles. The first-order valence-electron chi connectivity index (χ1n) is 23.2. The highest BCUT2D eigenvalue weighted by Crippen LogP contribution is 2.10. The molecule has 60 heavy (non-hydrogen) atoms. The summed E-state index contributed by atoms with van der Waals surface area (Å²) >= 11 is 0. The van der Waals surface area contributed by atoms with Gasteiger partial charge in [-0.1, -0.05) is 174 Å². The summed E-state index contributed by atoms with van der Waals surface area (Å²) in [5.41, 5.74) is 0. The van der Waals surface area contributed by atoms with Gasteiger partial charge in [-0.15, -0.1) is 0 Å². The number of hydrogen-bond acceptors (Lipinski definition) is 6. The van der Waals surface area contributed by atoms with Gasteiger partial charge in [-0.3, -0.25) is 14.4 Å². The molecule has 6 nitrogen and oxygen atoms in total. The zero-order valence-electron chi connectivity index (χ0n) is 37.9. The SMILES string of the molecule is CC\C=C/C=C\C=C/C=C\CCCCCC(=O)OC(COC(=O)CCC/C=C\C/C=C\C/C=C\C/C=C\CCCCC)COC(=O)CCCC/C=C\C/C=C\C/C=C\CC. The van der Waals surface area contributed by atoms with Gasteiger partial charge in [-0.05, 0) is 109 Å². The van der Waals surface area contributed by atoms with Crippen LogP contribution in [0.25, 0.3) is 0 Å². The average molecular weight is 827 g/mol. The predicted molar refractivity (Wildman–Crippen MR) is 256 cm³/mol. The summed E-state index contributed by atoms with van der Waals surface area (Å²) in [6, 6.07) is 0. The van der Waals surface area contributed by atoms with Crippen LogP contribution in [0.15, 0.2) is 134 Å². The maximum Gasteiger partial charge on any atom is 0.306 e. The molecule has 6 heteroatoms. The normalized spacial score (nSPS) is 13.3. The van der Waals surface area contributed by atoms with E-state index in [2.05, 4.69) is 118 Å². The van der Waals surface area contributed by atoms with Gasteiger partial charge < -0.3 is 14.2 Å². The Morgan fingerprint density at radius 2 is 0.750 bits per heavy atom. The van der Waals surface area contributed by atoms with Crippen molar-refractivity contribution in [1.29, 1.82) is 0 Å². The van der Waals surface area contributed by atoms with Crippen molar-refractivity contribution in [2.45, 2.75) is 175 Å². The van der Waals surface area contributed by atoms with Crippen molar-refractivity contribution in [2.75, 3.05) is 13.2 Å². The lowest BCUT2D eigenvalue weighted by atomic mass is 10.1. The summed E-state index contributed by atoms with van der Waals surface area (Å²) in [4.78, 5) is 37.8. The van der Waals surface area contributed by atoms with Gasteiger partial charge in [0.1, 0.15) is 13.2 Å². The molecule has 0 amide bonds. The number of hydrogen-bond donors (Lipinski definition) is 0. The summed E-state index contributed by atoms with van der Waals surface area (Å²) in [7, 11) is 0. The largest absolute Gasteiger partial charge is 0.462 e. The third-order valence-electron chi connectivity index (χ3n) is 8.96. The molecule has 0 radical (unpaired) electrons. The van der Waals surface area contributed by atoms with E-state index in [9.17, 15) is 14.4 Å². The van der Waals surface area contributed by atoms with Crippen LogP contribution in [0.4, 0.5) is 0 Å². The van der Waals surface area contributed by atoms with E-state index in [1.165, 1.54) is 25.7 Å². The van der Waals surface area contributed by atoms with Crippen LogP contribution < -0.4 is 0 Å². The highest BCUT2D eigenvalue weighted by atomic mass is 16.6.